The van der Waals surface area contributed by atoms with Crippen molar-refractivity contribution in [3.05, 3.63) is 30.4 Å². The zero-order valence-corrected chi connectivity index (χ0v) is 16.7. The molecule has 3 rings (SSSR count). The molecule has 0 spiro atoms. The largest absolute Gasteiger partial charge is 0.342 e. The van der Waals surface area contributed by atoms with Crippen LogP contribution in [0.5, 0.6) is 0 Å². The lowest BCUT2D eigenvalue weighted by Crippen LogP contribution is -2.56. The van der Waals surface area contributed by atoms with Gasteiger partial charge in [0.2, 0.25) is 17.6 Å². The molecule has 3 heterocycles. The summed E-state index contributed by atoms with van der Waals surface area (Å²) in [6.07, 6.45) is 3.26. The molecule has 1 saturated heterocycles. The van der Waals surface area contributed by atoms with Gasteiger partial charge in [0.15, 0.2) is 0 Å². The highest BCUT2D eigenvalue weighted by molar-refractivity contribution is 6.35. The Morgan fingerprint density at radius 1 is 1.17 bits per heavy atom. The molecular weight excluding hydrogens is 376 g/mol. The monoisotopic (exact) mass is 400 g/mol. The molecule has 3 amide bonds. The van der Waals surface area contributed by atoms with Crippen LogP contribution in [-0.4, -0.2) is 68.8 Å². The van der Waals surface area contributed by atoms with E-state index in [1.54, 1.807) is 24.5 Å². The fraction of sp³-hybridized carbons (Fsp3) is 0.474. The number of carbonyl (C=O) groups excluding carboxylic acids is 3. The van der Waals surface area contributed by atoms with Crippen molar-refractivity contribution in [2.75, 3.05) is 26.2 Å². The summed E-state index contributed by atoms with van der Waals surface area (Å²) in [4.78, 5) is 47.8. The van der Waals surface area contributed by atoms with Gasteiger partial charge in [-0.3, -0.25) is 19.4 Å². The number of hydrogen-bond acceptors (Lipinski definition) is 7. The van der Waals surface area contributed by atoms with Crippen LogP contribution in [-0.2, 0) is 14.4 Å². The molecule has 0 aliphatic carbocycles. The van der Waals surface area contributed by atoms with Crippen molar-refractivity contribution in [1.82, 2.24) is 30.2 Å². The van der Waals surface area contributed by atoms with Crippen LogP contribution in [0.1, 0.15) is 32.7 Å². The fourth-order valence-corrected chi connectivity index (χ4v) is 3.05. The standard InChI is InChI=1S/C19H24N6O4/c1-4-24-9-10-25(19(28)18(24)27)11-14(26)21-15(12(2)3)17-22-16(23-29-17)13-5-7-20-8-6-13/h5-8,12,15H,4,9-11H2,1-3H3,(H,21,26). The lowest BCUT2D eigenvalue weighted by atomic mass is 10.0. The summed E-state index contributed by atoms with van der Waals surface area (Å²) in [6.45, 7) is 6.65. The summed E-state index contributed by atoms with van der Waals surface area (Å²) < 4.78 is 5.36. The molecule has 1 atom stereocenters. The topological polar surface area (TPSA) is 122 Å². The highest BCUT2D eigenvalue weighted by Gasteiger charge is 2.33. The maximum atomic E-state index is 12.6. The van der Waals surface area contributed by atoms with E-state index in [1.807, 2.05) is 20.8 Å². The molecule has 2 aromatic rings. The Morgan fingerprint density at radius 2 is 1.83 bits per heavy atom. The first kappa shape index (κ1) is 20.4. The Bertz CT molecular complexity index is 882. The Balaban J connectivity index is 1.67. The average molecular weight is 400 g/mol. The molecule has 10 nitrogen and oxygen atoms in total. The minimum absolute atomic E-state index is 0.0287. The number of nitrogens with zero attached hydrogens (tertiary/aromatic N) is 5. The molecule has 1 aliphatic rings. The quantitative estimate of drug-likeness (QED) is 0.677. The Hall–Kier alpha value is -3.30. The average Bonchev–Trinajstić information content (AvgIpc) is 3.20. The first-order valence-corrected chi connectivity index (χ1v) is 9.52. The molecule has 0 radical (unpaired) electrons. The molecule has 1 N–H and O–H groups in total. The third-order valence-corrected chi connectivity index (χ3v) is 4.74. The summed E-state index contributed by atoms with van der Waals surface area (Å²) in [5.41, 5.74) is 0.752. The van der Waals surface area contributed by atoms with Crippen molar-refractivity contribution >= 4 is 17.7 Å². The van der Waals surface area contributed by atoms with Crippen molar-refractivity contribution < 1.29 is 18.9 Å². The second-order valence-corrected chi connectivity index (χ2v) is 7.09. The number of carbonyl (C=O) groups is 3. The van der Waals surface area contributed by atoms with Gasteiger partial charge in [-0.1, -0.05) is 19.0 Å². The molecule has 1 unspecified atom stereocenters. The van der Waals surface area contributed by atoms with Crippen LogP contribution in [0.3, 0.4) is 0 Å². The molecule has 2 aromatic heterocycles. The van der Waals surface area contributed by atoms with Gasteiger partial charge in [0.25, 0.3) is 0 Å². The van der Waals surface area contributed by atoms with Gasteiger partial charge in [0.05, 0.1) is 0 Å². The van der Waals surface area contributed by atoms with Crippen molar-refractivity contribution in [3.63, 3.8) is 0 Å². The highest BCUT2D eigenvalue weighted by atomic mass is 16.5. The van der Waals surface area contributed by atoms with E-state index in [-0.39, 0.29) is 18.4 Å². The van der Waals surface area contributed by atoms with Gasteiger partial charge in [-0.25, -0.2) is 0 Å². The van der Waals surface area contributed by atoms with Gasteiger partial charge in [-0.15, -0.1) is 0 Å². The molecule has 0 aromatic carbocycles. The maximum absolute atomic E-state index is 12.6. The summed E-state index contributed by atoms with van der Waals surface area (Å²) in [5, 5.41) is 6.81. The third kappa shape index (κ3) is 4.58. The highest BCUT2D eigenvalue weighted by Crippen LogP contribution is 2.23. The summed E-state index contributed by atoms with van der Waals surface area (Å²) >= 11 is 0. The predicted octanol–water partition coefficient (Wildman–Crippen LogP) is 0.636. The van der Waals surface area contributed by atoms with Gasteiger partial charge in [-0.2, -0.15) is 4.98 Å². The van der Waals surface area contributed by atoms with Gasteiger partial charge in [-0.05, 0) is 25.0 Å². The van der Waals surface area contributed by atoms with Crippen LogP contribution >= 0.6 is 0 Å². The second-order valence-electron chi connectivity index (χ2n) is 7.09. The van der Waals surface area contributed by atoms with E-state index in [0.29, 0.717) is 25.5 Å². The molecule has 1 aliphatic heterocycles. The first-order chi connectivity index (χ1) is 13.9. The van der Waals surface area contributed by atoms with Gasteiger partial charge in [0, 0.05) is 37.6 Å². The molecule has 1 fully saturated rings. The van der Waals surface area contributed by atoms with Crippen molar-refractivity contribution in [2.24, 2.45) is 5.92 Å². The SMILES string of the molecule is CCN1CCN(CC(=O)NC(c2nc(-c3ccncc3)no2)C(C)C)C(=O)C1=O. The number of rotatable bonds is 7. The van der Waals surface area contributed by atoms with Crippen molar-refractivity contribution in [1.29, 1.82) is 0 Å². The minimum atomic E-state index is -0.660. The van der Waals surface area contributed by atoms with Gasteiger partial charge < -0.3 is 19.6 Å². The van der Waals surface area contributed by atoms with E-state index >= 15 is 0 Å². The van der Waals surface area contributed by atoms with Crippen LogP contribution in [0.2, 0.25) is 0 Å². The maximum Gasteiger partial charge on any atom is 0.312 e. The van der Waals surface area contributed by atoms with E-state index in [4.69, 9.17) is 4.52 Å². The summed E-state index contributed by atoms with van der Waals surface area (Å²) in [7, 11) is 0. The lowest BCUT2D eigenvalue weighted by Gasteiger charge is -2.33. The molecule has 0 saturated carbocycles. The van der Waals surface area contributed by atoms with Crippen LogP contribution in [0.4, 0.5) is 0 Å². The Kier molecular flexibility index (Phi) is 6.20. The van der Waals surface area contributed by atoms with Crippen LogP contribution < -0.4 is 5.32 Å². The van der Waals surface area contributed by atoms with E-state index in [9.17, 15) is 14.4 Å². The zero-order valence-electron chi connectivity index (χ0n) is 16.7. The fourth-order valence-electron chi connectivity index (χ4n) is 3.05. The van der Waals surface area contributed by atoms with Gasteiger partial charge >= 0.3 is 11.8 Å². The number of aromatic nitrogens is 3. The summed E-state index contributed by atoms with van der Waals surface area (Å²) in [6, 6.07) is 3.00. The molecule has 0 bridgehead atoms. The Labute approximate surface area is 168 Å². The van der Waals surface area contributed by atoms with Crippen LogP contribution in [0, 0.1) is 5.92 Å². The molecule has 10 heteroatoms. The predicted molar refractivity (Wildman–Crippen MR) is 102 cm³/mol. The van der Waals surface area contributed by atoms with Crippen LogP contribution in [0.25, 0.3) is 11.4 Å². The number of pyridine rings is 1. The van der Waals surface area contributed by atoms with Gasteiger partial charge in [0.1, 0.15) is 12.6 Å². The number of nitrogens with one attached hydrogen (secondary N) is 1. The lowest BCUT2D eigenvalue weighted by molar-refractivity contribution is -0.156. The van der Waals surface area contributed by atoms with Crippen LogP contribution in [0.15, 0.2) is 29.0 Å². The molecule has 154 valence electrons. The normalized spacial score (nSPS) is 15.7. The summed E-state index contributed by atoms with van der Waals surface area (Å²) in [5.74, 6) is -0.979. The van der Waals surface area contributed by atoms with Crippen molar-refractivity contribution in [2.45, 2.75) is 26.8 Å². The van der Waals surface area contributed by atoms with E-state index < -0.39 is 23.8 Å². The van der Waals surface area contributed by atoms with Crippen molar-refractivity contribution in [3.8, 4) is 11.4 Å². The van der Waals surface area contributed by atoms with E-state index in [0.717, 1.165) is 5.56 Å². The number of amides is 3. The second kappa shape index (κ2) is 8.80. The first-order valence-electron chi connectivity index (χ1n) is 9.52. The number of hydrogen-bond donors (Lipinski definition) is 1. The molecule has 29 heavy (non-hydrogen) atoms. The number of likely N-dealkylation sites (N-methyl/N-ethyl adjacent to an activating group) is 1. The zero-order chi connectivity index (χ0) is 21.0. The minimum Gasteiger partial charge on any atom is -0.342 e. The third-order valence-electron chi connectivity index (χ3n) is 4.74. The number of piperazine rings is 1. The Morgan fingerprint density at radius 3 is 2.48 bits per heavy atom. The molecular formula is C19H24N6O4. The van der Waals surface area contributed by atoms with E-state index in [2.05, 4.69) is 20.4 Å². The van der Waals surface area contributed by atoms with E-state index in [1.165, 1.54) is 9.80 Å². The smallest absolute Gasteiger partial charge is 0.312 e.